The maximum Gasteiger partial charge on any atom is 0.221 e. The summed E-state index contributed by atoms with van der Waals surface area (Å²) in [6, 6.07) is 8.79. The summed E-state index contributed by atoms with van der Waals surface area (Å²) in [5.41, 5.74) is 0. The highest BCUT2D eigenvalue weighted by atomic mass is 32.1. The number of carbonyl (C=O) groups is 1. The summed E-state index contributed by atoms with van der Waals surface area (Å²) in [5.74, 6) is 0.101. The van der Waals surface area contributed by atoms with Crippen molar-refractivity contribution in [1.82, 2.24) is 10.6 Å². The normalized spacial score (nSPS) is 11.2. The van der Waals surface area contributed by atoms with Crippen LogP contribution in [0.25, 0.3) is 0 Å². The van der Waals surface area contributed by atoms with Gasteiger partial charge in [-0.3, -0.25) is 4.79 Å². The first kappa shape index (κ1) is 15.2. The Morgan fingerprint density at radius 2 is 1.75 bits per heavy atom. The monoisotopic (exact) mass is 308 g/mol. The maximum absolute atomic E-state index is 11.7. The smallest absolute Gasteiger partial charge is 0.221 e. The number of carbonyl (C=O) groups excluding carboxylic acids is 1. The molecular weight excluding hydrogens is 288 g/mol. The van der Waals surface area contributed by atoms with Gasteiger partial charge in [0.2, 0.25) is 5.91 Å². The highest BCUT2D eigenvalue weighted by Crippen LogP contribution is 2.28. The first-order valence-corrected chi connectivity index (χ1v) is 8.52. The van der Waals surface area contributed by atoms with Gasteiger partial charge in [-0.2, -0.15) is 0 Å². The van der Waals surface area contributed by atoms with Crippen molar-refractivity contribution in [2.45, 2.75) is 32.4 Å². The van der Waals surface area contributed by atoms with Crippen LogP contribution in [0.15, 0.2) is 35.0 Å². The van der Waals surface area contributed by atoms with Crippen LogP contribution < -0.4 is 10.6 Å². The van der Waals surface area contributed by atoms with Crippen molar-refractivity contribution in [3.05, 3.63) is 44.8 Å². The molecule has 0 atom stereocenters. The summed E-state index contributed by atoms with van der Waals surface area (Å²) in [6.07, 6.45) is 0.505. The van der Waals surface area contributed by atoms with Gasteiger partial charge in [-0.25, -0.2) is 0 Å². The largest absolute Gasteiger partial charge is 0.354 e. The summed E-state index contributed by atoms with van der Waals surface area (Å²) < 4.78 is 0. The summed E-state index contributed by atoms with van der Waals surface area (Å²) in [4.78, 5) is 14.2. The molecule has 2 heterocycles. The number of hydrogen-bond donors (Lipinski definition) is 2. The SMILES string of the molecule is CC(C)NC(=O)CCNC(c1cccs1)c1cccs1. The van der Waals surface area contributed by atoms with Gasteiger partial charge in [0.25, 0.3) is 0 Å². The summed E-state index contributed by atoms with van der Waals surface area (Å²) in [7, 11) is 0. The third kappa shape index (κ3) is 4.44. The molecule has 0 fully saturated rings. The highest BCUT2D eigenvalue weighted by Gasteiger charge is 2.16. The van der Waals surface area contributed by atoms with Crippen LogP contribution in [0.2, 0.25) is 0 Å². The summed E-state index contributed by atoms with van der Waals surface area (Å²) >= 11 is 3.48. The predicted molar refractivity (Wildman–Crippen MR) is 86.4 cm³/mol. The van der Waals surface area contributed by atoms with E-state index < -0.39 is 0 Å². The molecule has 1 amide bonds. The molecule has 20 heavy (non-hydrogen) atoms. The molecule has 2 aromatic rings. The summed E-state index contributed by atoms with van der Waals surface area (Å²) in [5, 5.41) is 10.6. The Kier molecular flexibility index (Phi) is 5.76. The Morgan fingerprint density at radius 1 is 1.15 bits per heavy atom. The van der Waals surface area contributed by atoms with Crippen molar-refractivity contribution >= 4 is 28.6 Å². The van der Waals surface area contributed by atoms with Gasteiger partial charge in [-0.1, -0.05) is 12.1 Å². The molecule has 5 heteroatoms. The van der Waals surface area contributed by atoms with Crippen molar-refractivity contribution in [2.75, 3.05) is 6.54 Å². The van der Waals surface area contributed by atoms with Crippen LogP contribution in [0.3, 0.4) is 0 Å². The molecule has 2 rings (SSSR count). The van der Waals surface area contributed by atoms with Gasteiger partial charge >= 0.3 is 0 Å². The molecule has 0 aliphatic rings. The van der Waals surface area contributed by atoms with Gasteiger partial charge in [-0.05, 0) is 36.7 Å². The minimum absolute atomic E-state index is 0.101. The van der Waals surface area contributed by atoms with Crippen molar-refractivity contribution in [3.8, 4) is 0 Å². The van der Waals surface area contributed by atoms with E-state index in [0.717, 1.165) is 0 Å². The van der Waals surface area contributed by atoms with Gasteiger partial charge in [0, 0.05) is 28.8 Å². The van der Waals surface area contributed by atoms with Crippen molar-refractivity contribution in [3.63, 3.8) is 0 Å². The number of thiophene rings is 2. The molecule has 0 bridgehead atoms. The zero-order chi connectivity index (χ0) is 14.4. The van der Waals surface area contributed by atoms with Crippen LogP contribution in [0.4, 0.5) is 0 Å². The Hall–Kier alpha value is -1.17. The molecule has 0 aromatic carbocycles. The maximum atomic E-state index is 11.7. The number of rotatable bonds is 7. The number of nitrogens with one attached hydrogen (secondary N) is 2. The number of amides is 1. The van der Waals surface area contributed by atoms with Crippen LogP contribution in [0.1, 0.15) is 36.1 Å². The van der Waals surface area contributed by atoms with Crippen LogP contribution >= 0.6 is 22.7 Å². The Bertz CT molecular complexity index is 472. The molecule has 0 spiro atoms. The van der Waals surface area contributed by atoms with Crippen LogP contribution in [-0.4, -0.2) is 18.5 Å². The molecule has 108 valence electrons. The van der Waals surface area contributed by atoms with Gasteiger partial charge < -0.3 is 10.6 Å². The van der Waals surface area contributed by atoms with E-state index in [1.54, 1.807) is 22.7 Å². The second kappa shape index (κ2) is 7.57. The molecule has 2 aromatic heterocycles. The van der Waals surface area contributed by atoms with Crippen LogP contribution in [0.5, 0.6) is 0 Å². The standard InChI is InChI=1S/C15H20N2OS2/c1-11(2)17-14(18)7-8-16-15(12-5-3-9-19-12)13-6-4-10-20-13/h3-6,9-11,15-16H,7-8H2,1-2H3,(H,17,18). The zero-order valence-corrected chi connectivity index (χ0v) is 13.4. The molecule has 2 N–H and O–H groups in total. The lowest BCUT2D eigenvalue weighted by Gasteiger charge is -2.16. The zero-order valence-electron chi connectivity index (χ0n) is 11.8. The van der Waals surface area contributed by atoms with Gasteiger partial charge in [-0.15, -0.1) is 22.7 Å². The van der Waals surface area contributed by atoms with E-state index in [9.17, 15) is 4.79 Å². The predicted octanol–water partition coefficient (Wildman–Crippen LogP) is 3.40. The van der Waals surface area contributed by atoms with E-state index in [0.29, 0.717) is 13.0 Å². The average Bonchev–Trinajstić information content (AvgIpc) is 3.07. The lowest BCUT2D eigenvalue weighted by Crippen LogP contribution is -2.33. The molecular formula is C15H20N2OS2. The molecule has 0 unspecified atom stereocenters. The lowest BCUT2D eigenvalue weighted by molar-refractivity contribution is -0.121. The fourth-order valence-electron chi connectivity index (χ4n) is 1.98. The fraction of sp³-hybridized carbons (Fsp3) is 0.400. The van der Waals surface area contributed by atoms with Gasteiger partial charge in [0.05, 0.1) is 6.04 Å². The molecule has 3 nitrogen and oxygen atoms in total. The molecule has 0 aliphatic carbocycles. The second-order valence-electron chi connectivity index (χ2n) is 4.89. The van der Waals surface area contributed by atoms with Gasteiger partial charge in [0.15, 0.2) is 0 Å². The Balaban J connectivity index is 1.91. The Morgan fingerprint density at radius 3 is 2.20 bits per heavy atom. The van der Waals surface area contributed by atoms with Crippen LogP contribution in [-0.2, 0) is 4.79 Å². The third-order valence-electron chi connectivity index (χ3n) is 2.81. The molecule has 0 saturated carbocycles. The average molecular weight is 308 g/mol. The summed E-state index contributed by atoms with van der Waals surface area (Å²) in [6.45, 7) is 4.63. The first-order chi connectivity index (χ1) is 9.66. The van der Waals surface area contributed by atoms with E-state index in [2.05, 4.69) is 45.7 Å². The van der Waals surface area contributed by atoms with E-state index >= 15 is 0 Å². The molecule has 0 radical (unpaired) electrons. The molecule has 0 saturated heterocycles. The minimum atomic E-state index is 0.101. The topological polar surface area (TPSA) is 41.1 Å². The lowest BCUT2D eigenvalue weighted by atomic mass is 10.2. The first-order valence-electron chi connectivity index (χ1n) is 6.76. The quantitative estimate of drug-likeness (QED) is 0.823. The third-order valence-corrected chi connectivity index (χ3v) is 4.68. The van der Waals surface area contributed by atoms with Crippen molar-refractivity contribution in [1.29, 1.82) is 0 Å². The van der Waals surface area contributed by atoms with E-state index in [-0.39, 0.29) is 18.0 Å². The van der Waals surface area contributed by atoms with Crippen molar-refractivity contribution in [2.24, 2.45) is 0 Å². The van der Waals surface area contributed by atoms with E-state index in [1.165, 1.54) is 9.75 Å². The number of hydrogen-bond acceptors (Lipinski definition) is 4. The van der Waals surface area contributed by atoms with Crippen molar-refractivity contribution < 1.29 is 4.79 Å². The highest BCUT2D eigenvalue weighted by molar-refractivity contribution is 7.11. The van der Waals surface area contributed by atoms with Crippen LogP contribution in [0, 0.1) is 0 Å². The fourth-order valence-corrected chi connectivity index (χ4v) is 3.69. The Labute approximate surface area is 128 Å². The van der Waals surface area contributed by atoms with Gasteiger partial charge in [0.1, 0.15) is 0 Å². The molecule has 0 aliphatic heterocycles. The second-order valence-corrected chi connectivity index (χ2v) is 6.85. The van der Waals surface area contributed by atoms with E-state index in [1.807, 2.05) is 13.8 Å². The van der Waals surface area contributed by atoms with E-state index in [4.69, 9.17) is 0 Å². The minimum Gasteiger partial charge on any atom is -0.354 e.